The number of hydrogen-bond acceptors (Lipinski definition) is 17. The molecule has 2 aromatic carbocycles. The van der Waals surface area contributed by atoms with E-state index >= 15 is 4.39 Å². The predicted octanol–water partition coefficient (Wildman–Crippen LogP) is 4.59. The van der Waals surface area contributed by atoms with E-state index in [1.165, 1.54) is 10.6 Å². The number of aryl methyl sites for hydroxylation is 1. The number of nitrogens with one attached hydrogen (secondary N) is 8. The molecule has 2 aromatic heterocycles. The van der Waals surface area contributed by atoms with Gasteiger partial charge in [0, 0.05) is 59.6 Å². The van der Waals surface area contributed by atoms with Gasteiger partial charge in [-0.1, -0.05) is 72.9 Å². The van der Waals surface area contributed by atoms with E-state index in [-0.39, 0.29) is 94.9 Å². The van der Waals surface area contributed by atoms with Gasteiger partial charge in [0.05, 0.1) is 48.3 Å². The second kappa shape index (κ2) is 32.8. The molecule has 1 unspecified atom stereocenters. The van der Waals surface area contributed by atoms with Crippen LogP contribution < -0.4 is 53.8 Å². The van der Waals surface area contributed by atoms with Crippen LogP contribution in [0, 0.1) is 41.3 Å². The van der Waals surface area contributed by atoms with E-state index in [2.05, 4.69) is 54.4 Å². The summed E-state index contributed by atoms with van der Waals surface area (Å²) in [7, 11) is 0. The summed E-state index contributed by atoms with van der Waals surface area (Å²) in [6.07, 6.45) is 4.70. The summed E-state index contributed by atoms with van der Waals surface area (Å²) in [6, 6.07) is 5.61. The highest BCUT2D eigenvalue weighted by Gasteiger charge is 2.46. The average Bonchev–Trinajstić information content (AvgIpc) is 1.61. The number of urea groups is 1. The minimum Gasteiger partial charge on any atom is -0.458 e. The number of primary amides is 1. The Morgan fingerprint density at radius 3 is 2.35 bits per heavy atom. The van der Waals surface area contributed by atoms with Gasteiger partial charge < -0.3 is 81.6 Å². The lowest BCUT2D eigenvalue weighted by Gasteiger charge is -2.31. The first-order valence-corrected chi connectivity index (χ1v) is 32.9. The molecule has 5 atom stereocenters. The lowest BCUT2D eigenvalue weighted by molar-refractivity contribution is -0.172. The number of nitrogens with two attached hydrogens (primary N) is 1. The summed E-state index contributed by atoms with van der Waals surface area (Å²) < 4.78 is 44.7. The molecule has 524 valence electrons. The highest BCUT2D eigenvalue weighted by molar-refractivity contribution is 5.99. The van der Waals surface area contributed by atoms with Gasteiger partial charge in [-0.15, -0.1) is 5.92 Å². The summed E-state index contributed by atoms with van der Waals surface area (Å²) in [6.45, 7) is 13.4. The van der Waals surface area contributed by atoms with Crippen LogP contribution in [0.15, 0.2) is 41.2 Å². The lowest BCUT2D eigenvalue weighted by atomic mass is 9.81. The molecule has 2 aliphatic carbocycles. The Labute approximate surface area is 562 Å². The molecule has 27 nitrogen and oxygen atoms in total. The number of alkyl carbamates (subject to hydrolysis) is 1. The molecule has 4 aromatic rings. The van der Waals surface area contributed by atoms with Crippen LogP contribution in [0.5, 0.6) is 0 Å². The molecule has 97 heavy (non-hydrogen) atoms. The van der Waals surface area contributed by atoms with Crippen molar-refractivity contribution in [3.63, 3.8) is 0 Å². The minimum absolute atomic E-state index is 0.00639. The zero-order valence-corrected chi connectivity index (χ0v) is 56.3. The number of ether oxygens (including phenoxy) is 5. The summed E-state index contributed by atoms with van der Waals surface area (Å²) in [5.74, 6) is 1.43. The molecule has 0 radical (unpaired) electrons. The highest BCUT2D eigenvalue weighted by Crippen LogP contribution is 2.46. The molecule has 0 bridgehead atoms. The Bertz CT molecular complexity index is 3770. The van der Waals surface area contributed by atoms with Crippen LogP contribution in [-0.2, 0) is 89.0 Å². The van der Waals surface area contributed by atoms with Crippen molar-refractivity contribution in [3.05, 3.63) is 91.5 Å². The van der Waals surface area contributed by atoms with E-state index in [1.54, 1.807) is 58.0 Å². The number of amides is 9. The molecular weight excluding hydrogens is 1260 g/mol. The number of benzene rings is 2. The van der Waals surface area contributed by atoms with Crippen LogP contribution in [0.1, 0.15) is 158 Å². The van der Waals surface area contributed by atoms with E-state index in [9.17, 15) is 53.1 Å². The molecule has 0 spiro atoms. The fourth-order valence-corrected chi connectivity index (χ4v) is 12.2. The van der Waals surface area contributed by atoms with E-state index in [0.29, 0.717) is 69.6 Å². The van der Waals surface area contributed by atoms with Crippen LogP contribution >= 0.6 is 0 Å². The van der Waals surface area contributed by atoms with E-state index in [0.717, 1.165) is 37.7 Å². The monoisotopic (exact) mass is 1350 g/mol. The Balaban J connectivity index is 0.756. The smallest absolute Gasteiger partial charge is 0.407 e. The predicted molar refractivity (Wildman–Crippen MR) is 353 cm³/mol. The summed E-state index contributed by atoms with van der Waals surface area (Å²) in [4.78, 5) is 136. The van der Waals surface area contributed by atoms with Crippen molar-refractivity contribution in [2.75, 3.05) is 58.1 Å². The van der Waals surface area contributed by atoms with Gasteiger partial charge in [-0.25, -0.2) is 23.8 Å². The van der Waals surface area contributed by atoms with Gasteiger partial charge in [0.1, 0.15) is 63.7 Å². The van der Waals surface area contributed by atoms with Gasteiger partial charge in [-0.2, -0.15) is 0 Å². The van der Waals surface area contributed by atoms with Crippen LogP contribution in [0.4, 0.5) is 19.7 Å². The lowest BCUT2D eigenvalue weighted by Crippen LogP contribution is -2.55. The van der Waals surface area contributed by atoms with Crippen molar-refractivity contribution in [1.82, 2.24) is 46.8 Å². The van der Waals surface area contributed by atoms with Crippen molar-refractivity contribution in [2.24, 2.45) is 22.5 Å². The van der Waals surface area contributed by atoms with Gasteiger partial charge in [-0.3, -0.25) is 33.6 Å². The Morgan fingerprint density at radius 2 is 1.62 bits per heavy atom. The molecule has 0 saturated heterocycles. The third kappa shape index (κ3) is 19.4. The molecule has 28 heteroatoms. The number of pyridine rings is 2. The number of cyclic esters (lactones) is 1. The number of hydrogen-bond donors (Lipinski definition) is 10. The van der Waals surface area contributed by atoms with Gasteiger partial charge in [0.2, 0.25) is 35.4 Å². The number of esters is 1. The zero-order valence-electron chi connectivity index (χ0n) is 56.3. The molecule has 4 heterocycles. The van der Waals surface area contributed by atoms with Gasteiger partial charge in [-0.05, 0) is 110 Å². The number of fused-ring (bicyclic) bond motifs is 5. The van der Waals surface area contributed by atoms with E-state index < -0.39 is 119 Å². The SMILES string of the molecule is CC[C@@]1(O)C(=O)OCc2c1cc1n(c2=O)Cc2c-1nc1cc(F)c(C)c3c1c2[C@@H](NC(=O)COCNC(=O)CNC(=O)OCc1ccc(NC(=O)[C@H](CCCNC(N)=O)NC(=O)[C@@H](NC(=O)CC(C)(C)COCC(C)(C)CNC(=O)COC2C#CCCCCC2)C(C)C)cc1)CC3. The largest absolute Gasteiger partial charge is 0.458 e. The van der Waals surface area contributed by atoms with Crippen molar-refractivity contribution >= 4 is 70.1 Å². The quantitative estimate of drug-likeness (QED) is 0.0126. The molecule has 11 N–H and O–H groups in total. The van der Waals surface area contributed by atoms with Crippen molar-refractivity contribution < 1.29 is 76.3 Å². The van der Waals surface area contributed by atoms with Crippen LogP contribution in [0.2, 0.25) is 0 Å². The number of aromatic nitrogens is 2. The maximum absolute atomic E-state index is 15.4. The topological polar surface area (TPSA) is 377 Å². The average molecular weight is 1350 g/mol. The number of carbonyl (C=O) groups is 9. The summed E-state index contributed by atoms with van der Waals surface area (Å²) >= 11 is 0. The third-order valence-corrected chi connectivity index (χ3v) is 17.5. The Hall–Kier alpha value is -9.04. The normalized spacial score (nSPS) is 17.6. The zero-order chi connectivity index (χ0) is 70.4. The van der Waals surface area contributed by atoms with Gasteiger partial charge in [0.25, 0.3) is 5.56 Å². The van der Waals surface area contributed by atoms with Crippen molar-refractivity contribution in [2.45, 2.75) is 176 Å². The number of nitrogens with zero attached hydrogens (tertiary/aromatic N) is 2. The number of anilines is 1. The minimum atomic E-state index is -2.06. The summed E-state index contributed by atoms with van der Waals surface area (Å²) in [5.41, 5.74) is 6.15. The fraction of sp³-hybridized carbons (Fsp3) is 0.551. The Morgan fingerprint density at radius 1 is 0.866 bits per heavy atom. The fourth-order valence-electron chi connectivity index (χ4n) is 12.2. The summed E-state index contributed by atoms with van der Waals surface area (Å²) in [5, 5.41) is 33.6. The van der Waals surface area contributed by atoms with Crippen molar-refractivity contribution in [3.8, 4) is 23.2 Å². The highest BCUT2D eigenvalue weighted by atomic mass is 19.1. The van der Waals surface area contributed by atoms with E-state index in [4.69, 9.17) is 34.4 Å². The number of carbonyl (C=O) groups excluding carboxylic acids is 9. The van der Waals surface area contributed by atoms with Crippen molar-refractivity contribution in [1.29, 1.82) is 0 Å². The maximum atomic E-state index is 15.4. The van der Waals surface area contributed by atoms with Gasteiger partial charge >= 0.3 is 18.1 Å². The first-order chi connectivity index (χ1) is 46.1. The molecular formula is C69H90FN11O16. The van der Waals surface area contributed by atoms with Crippen LogP contribution in [-0.4, -0.2) is 139 Å². The standard InChI is InChI=1S/C69H90FN11O16/c1-9-69(92)47-26-52-60-45(30-81(52)63(88)46(47)32-96-64(69)89)58-49(24-23-44-40(4)48(70)27-51(78-60)57(44)58)77-56(85)33-93-38-75-54(83)29-73-66(91)97-31-41-19-21-42(22-20-41)76-61(86)50(18-15-25-72-65(71)90)79-62(87)59(39(2)3)80-53(82)28-67(5,6)36-94-37-68(7,8)35-74-55(84)34-95-43-16-13-11-10-12-14-17-43/h19-22,26-27,39,43,49-50,59,92H,9-13,15-16,18,23-25,28-38H2,1-8H3,(H,73,91)(H,74,84)(H,75,83)(H,76,86)(H,77,85)(H,79,87)(H,80,82)(H3,71,72,90)/t43?,49-,50-,59-,69-/m0/s1. The first-order valence-electron chi connectivity index (χ1n) is 32.9. The first kappa shape index (κ1) is 73.8. The maximum Gasteiger partial charge on any atom is 0.407 e. The number of rotatable bonds is 31. The molecule has 0 fully saturated rings. The second-order valence-electron chi connectivity index (χ2n) is 27.0. The van der Waals surface area contributed by atoms with E-state index in [1.807, 2.05) is 27.7 Å². The Kier molecular flexibility index (Phi) is 24.9. The molecule has 4 aliphatic rings. The molecule has 9 amide bonds. The van der Waals surface area contributed by atoms with Crippen LogP contribution in [0.3, 0.4) is 0 Å². The van der Waals surface area contributed by atoms with Crippen LogP contribution in [0.25, 0.3) is 22.3 Å². The van der Waals surface area contributed by atoms with Gasteiger partial charge in [0.15, 0.2) is 5.60 Å². The second-order valence-corrected chi connectivity index (χ2v) is 27.0. The molecule has 2 aliphatic heterocycles. The molecule has 0 saturated carbocycles. The molecule has 8 rings (SSSR count). The third-order valence-electron chi connectivity index (χ3n) is 17.5. The number of aliphatic hydroxyl groups is 1. The number of halogens is 1.